The molecule has 0 aliphatic rings. The number of anilines is 2. The summed E-state index contributed by atoms with van der Waals surface area (Å²) in [6, 6.07) is 5.63. The Morgan fingerprint density at radius 2 is 1.70 bits per heavy atom. The average molecular weight is 302 g/mol. The summed E-state index contributed by atoms with van der Waals surface area (Å²) in [6.45, 7) is 0. The molecule has 0 unspecified atom stereocenters. The minimum absolute atomic E-state index is 0.0905. The van der Waals surface area contributed by atoms with Gasteiger partial charge in [-0.1, -0.05) is 6.07 Å². The first-order valence-electron chi connectivity index (χ1n) is 5.32. The van der Waals surface area contributed by atoms with Crippen molar-refractivity contribution in [3.8, 4) is 0 Å². The summed E-state index contributed by atoms with van der Waals surface area (Å²) in [4.78, 5) is -0.819. The number of nitrogens with one attached hydrogen (secondary N) is 1. The largest absolute Gasteiger partial charge is 0.396 e. The smallest absolute Gasteiger partial charge is 0.264 e. The molecule has 0 saturated carbocycles. The Kier molecular flexibility index (Phi) is 3.58. The van der Waals surface area contributed by atoms with Gasteiger partial charge in [0.05, 0.1) is 11.4 Å². The standard InChI is InChI=1S/C12H9F3N2O2S/c13-7-2-1-3-8(4-7)17-20(18,19)12-6-11(16)9(14)5-10(12)15/h1-6,17H,16H2. The van der Waals surface area contributed by atoms with Gasteiger partial charge >= 0.3 is 0 Å². The van der Waals surface area contributed by atoms with Crippen LogP contribution in [0.15, 0.2) is 41.3 Å². The van der Waals surface area contributed by atoms with Gasteiger partial charge in [0.25, 0.3) is 10.0 Å². The first-order valence-corrected chi connectivity index (χ1v) is 6.81. The van der Waals surface area contributed by atoms with E-state index < -0.39 is 38.1 Å². The molecule has 0 aliphatic heterocycles. The van der Waals surface area contributed by atoms with E-state index in [0.29, 0.717) is 12.1 Å². The van der Waals surface area contributed by atoms with Crippen LogP contribution in [-0.2, 0) is 10.0 Å². The summed E-state index contributed by atoms with van der Waals surface area (Å²) in [6.07, 6.45) is 0. The van der Waals surface area contributed by atoms with Crippen LogP contribution >= 0.6 is 0 Å². The quantitative estimate of drug-likeness (QED) is 0.856. The number of hydrogen-bond acceptors (Lipinski definition) is 3. The van der Waals surface area contributed by atoms with Crippen LogP contribution in [0.4, 0.5) is 24.5 Å². The molecule has 2 aromatic carbocycles. The van der Waals surface area contributed by atoms with Gasteiger partial charge in [-0.2, -0.15) is 0 Å². The Labute approximate surface area is 113 Å². The van der Waals surface area contributed by atoms with E-state index in [-0.39, 0.29) is 5.69 Å². The van der Waals surface area contributed by atoms with Crippen molar-refractivity contribution in [2.45, 2.75) is 4.90 Å². The molecular formula is C12H9F3N2O2S. The van der Waals surface area contributed by atoms with E-state index in [1.807, 2.05) is 4.72 Å². The molecule has 0 saturated heterocycles. The highest BCUT2D eigenvalue weighted by molar-refractivity contribution is 7.92. The van der Waals surface area contributed by atoms with Gasteiger partial charge in [0.2, 0.25) is 0 Å². The van der Waals surface area contributed by atoms with Gasteiger partial charge < -0.3 is 5.73 Å². The second-order valence-corrected chi connectivity index (χ2v) is 5.57. The summed E-state index contributed by atoms with van der Waals surface area (Å²) < 4.78 is 65.3. The molecule has 2 aromatic rings. The van der Waals surface area contributed by atoms with Crippen molar-refractivity contribution < 1.29 is 21.6 Å². The zero-order chi connectivity index (χ0) is 14.9. The lowest BCUT2D eigenvalue weighted by Gasteiger charge is -2.10. The number of halogens is 3. The van der Waals surface area contributed by atoms with Gasteiger partial charge in [0.15, 0.2) is 0 Å². The summed E-state index contributed by atoms with van der Waals surface area (Å²) in [5.41, 5.74) is 4.61. The van der Waals surface area contributed by atoms with Crippen LogP contribution in [0.1, 0.15) is 0 Å². The minimum Gasteiger partial charge on any atom is -0.396 e. The van der Waals surface area contributed by atoms with E-state index in [1.54, 1.807) is 0 Å². The van der Waals surface area contributed by atoms with Gasteiger partial charge in [-0.15, -0.1) is 0 Å². The zero-order valence-electron chi connectivity index (χ0n) is 9.90. The molecule has 0 aromatic heterocycles. The maximum Gasteiger partial charge on any atom is 0.264 e. The second kappa shape index (κ2) is 5.04. The third-order valence-corrected chi connectivity index (χ3v) is 3.81. The summed E-state index contributed by atoms with van der Waals surface area (Å²) in [7, 11) is -4.34. The predicted octanol–water partition coefficient (Wildman–Crippen LogP) is 2.49. The fourth-order valence-corrected chi connectivity index (χ4v) is 2.66. The van der Waals surface area contributed by atoms with Crippen molar-refractivity contribution in [1.29, 1.82) is 0 Å². The average Bonchev–Trinajstić information content (AvgIpc) is 2.33. The van der Waals surface area contributed by atoms with Crippen molar-refractivity contribution in [3.05, 3.63) is 53.8 Å². The number of hydrogen-bond donors (Lipinski definition) is 2. The molecule has 2 rings (SSSR count). The van der Waals surface area contributed by atoms with Crippen LogP contribution in [0.5, 0.6) is 0 Å². The van der Waals surface area contributed by atoms with Crippen molar-refractivity contribution in [2.75, 3.05) is 10.5 Å². The van der Waals surface area contributed by atoms with Gasteiger partial charge in [-0.3, -0.25) is 4.72 Å². The molecule has 20 heavy (non-hydrogen) atoms. The van der Waals surface area contributed by atoms with Crippen LogP contribution in [0, 0.1) is 17.5 Å². The van der Waals surface area contributed by atoms with Gasteiger partial charge in [0, 0.05) is 6.07 Å². The lowest BCUT2D eigenvalue weighted by atomic mass is 10.3. The number of rotatable bonds is 3. The highest BCUT2D eigenvalue weighted by Crippen LogP contribution is 2.23. The van der Waals surface area contributed by atoms with Gasteiger partial charge in [0.1, 0.15) is 22.3 Å². The Bertz CT molecular complexity index is 763. The maximum atomic E-state index is 13.5. The maximum absolute atomic E-state index is 13.5. The molecule has 106 valence electrons. The van der Waals surface area contributed by atoms with E-state index in [1.165, 1.54) is 12.1 Å². The predicted molar refractivity (Wildman–Crippen MR) is 68.0 cm³/mol. The molecule has 0 heterocycles. The van der Waals surface area contributed by atoms with E-state index >= 15 is 0 Å². The molecule has 0 atom stereocenters. The molecule has 0 fully saturated rings. The lowest BCUT2D eigenvalue weighted by Crippen LogP contribution is -2.15. The Morgan fingerprint density at radius 1 is 1.00 bits per heavy atom. The van der Waals surface area contributed by atoms with Crippen LogP contribution in [-0.4, -0.2) is 8.42 Å². The molecule has 0 amide bonds. The van der Waals surface area contributed by atoms with Crippen molar-refractivity contribution in [1.82, 2.24) is 0 Å². The van der Waals surface area contributed by atoms with Crippen LogP contribution in [0.3, 0.4) is 0 Å². The third-order valence-electron chi connectivity index (χ3n) is 2.42. The second-order valence-electron chi connectivity index (χ2n) is 3.92. The summed E-state index contributed by atoms with van der Waals surface area (Å²) in [5.74, 6) is -3.02. The number of nitrogen functional groups attached to an aromatic ring is 1. The normalized spacial score (nSPS) is 11.3. The molecular weight excluding hydrogens is 293 g/mol. The highest BCUT2D eigenvalue weighted by atomic mass is 32.2. The van der Waals surface area contributed by atoms with E-state index in [9.17, 15) is 21.6 Å². The zero-order valence-corrected chi connectivity index (χ0v) is 10.7. The fraction of sp³-hybridized carbons (Fsp3) is 0. The Morgan fingerprint density at radius 3 is 2.35 bits per heavy atom. The first kappa shape index (κ1) is 14.2. The van der Waals surface area contributed by atoms with Crippen molar-refractivity contribution in [2.24, 2.45) is 0 Å². The lowest BCUT2D eigenvalue weighted by molar-refractivity contribution is 0.553. The Hall–Kier alpha value is -2.22. The third kappa shape index (κ3) is 2.85. The van der Waals surface area contributed by atoms with Crippen molar-refractivity contribution >= 4 is 21.4 Å². The monoisotopic (exact) mass is 302 g/mol. The summed E-state index contributed by atoms with van der Waals surface area (Å²) >= 11 is 0. The number of nitrogens with two attached hydrogens (primary N) is 1. The van der Waals surface area contributed by atoms with Gasteiger partial charge in [-0.25, -0.2) is 21.6 Å². The van der Waals surface area contributed by atoms with Crippen LogP contribution in [0.2, 0.25) is 0 Å². The summed E-state index contributed by atoms with van der Waals surface area (Å²) in [5, 5.41) is 0. The van der Waals surface area contributed by atoms with Crippen LogP contribution in [0.25, 0.3) is 0 Å². The van der Waals surface area contributed by atoms with Crippen molar-refractivity contribution in [3.63, 3.8) is 0 Å². The molecule has 8 heteroatoms. The molecule has 3 N–H and O–H groups in total. The number of sulfonamides is 1. The topological polar surface area (TPSA) is 72.2 Å². The van der Waals surface area contributed by atoms with Gasteiger partial charge in [-0.05, 0) is 24.3 Å². The highest BCUT2D eigenvalue weighted by Gasteiger charge is 2.21. The fourth-order valence-electron chi connectivity index (χ4n) is 1.51. The molecule has 0 radical (unpaired) electrons. The SMILES string of the molecule is Nc1cc(S(=O)(=O)Nc2cccc(F)c2)c(F)cc1F. The Balaban J connectivity index is 2.43. The number of benzene rings is 2. The molecule has 0 bridgehead atoms. The minimum atomic E-state index is -4.34. The molecule has 0 aliphatic carbocycles. The molecule has 0 spiro atoms. The van der Waals surface area contributed by atoms with E-state index in [4.69, 9.17) is 5.73 Å². The van der Waals surface area contributed by atoms with E-state index in [0.717, 1.165) is 12.1 Å². The molecule has 4 nitrogen and oxygen atoms in total. The first-order chi connectivity index (χ1) is 9.29. The van der Waals surface area contributed by atoms with E-state index in [2.05, 4.69) is 0 Å². The van der Waals surface area contributed by atoms with Crippen LogP contribution < -0.4 is 10.5 Å².